The maximum Gasteiger partial charge on any atom is 0.320 e. The molecule has 92 valence electrons. The summed E-state index contributed by atoms with van der Waals surface area (Å²) in [5, 5.41) is 21.3. The zero-order chi connectivity index (χ0) is 12.4. The summed E-state index contributed by atoms with van der Waals surface area (Å²) in [6.45, 7) is -0.0360. The molecule has 5 N–H and O–H groups in total. The van der Waals surface area contributed by atoms with Gasteiger partial charge in [0.15, 0.2) is 0 Å². The normalized spacial score (nSPS) is 23.9. The van der Waals surface area contributed by atoms with Crippen molar-refractivity contribution in [3.63, 3.8) is 0 Å². The van der Waals surface area contributed by atoms with Crippen LogP contribution in [0.1, 0.15) is 17.9 Å². The number of fused-ring (bicyclic) bond motifs is 1. The molecular formula is C12H16N2O3. The van der Waals surface area contributed by atoms with Gasteiger partial charge in [-0.2, -0.15) is 0 Å². The molecule has 0 radical (unpaired) electrons. The number of aliphatic hydroxyl groups is 1. The fourth-order valence-electron chi connectivity index (χ4n) is 2.31. The predicted octanol–water partition coefficient (Wildman–Crippen LogP) is 0.359. The van der Waals surface area contributed by atoms with E-state index in [4.69, 9.17) is 10.8 Å². The van der Waals surface area contributed by atoms with E-state index in [1.165, 1.54) is 0 Å². The first-order valence-electron chi connectivity index (χ1n) is 5.58. The van der Waals surface area contributed by atoms with Crippen molar-refractivity contribution in [2.75, 3.05) is 11.9 Å². The number of aliphatic carboxylic acids is 1. The van der Waals surface area contributed by atoms with Crippen LogP contribution in [0.3, 0.4) is 0 Å². The van der Waals surface area contributed by atoms with Crippen molar-refractivity contribution in [2.24, 2.45) is 5.73 Å². The number of hydrogen-bond donors (Lipinski definition) is 4. The molecule has 0 saturated carbocycles. The van der Waals surface area contributed by atoms with Gasteiger partial charge in [0, 0.05) is 11.6 Å². The van der Waals surface area contributed by atoms with Gasteiger partial charge < -0.3 is 21.3 Å². The number of nitrogens with one attached hydrogen (secondary N) is 1. The summed E-state index contributed by atoms with van der Waals surface area (Å²) in [5.74, 6) is -1.06. The summed E-state index contributed by atoms with van der Waals surface area (Å²) >= 11 is 0. The van der Waals surface area contributed by atoms with Crippen molar-refractivity contribution in [3.8, 4) is 0 Å². The first-order chi connectivity index (χ1) is 8.13. The van der Waals surface area contributed by atoms with E-state index < -0.39 is 12.0 Å². The Morgan fingerprint density at radius 1 is 1.47 bits per heavy atom. The maximum absolute atomic E-state index is 10.8. The lowest BCUT2D eigenvalue weighted by Crippen LogP contribution is -2.35. The minimum Gasteiger partial charge on any atom is -0.480 e. The first kappa shape index (κ1) is 11.9. The van der Waals surface area contributed by atoms with Crippen LogP contribution in [0.4, 0.5) is 5.69 Å². The van der Waals surface area contributed by atoms with Crippen molar-refractivity contribution in [1.29, 1.82) is 0 Å². The van der Waals surface area contributed by atoms with Crippen LogP contribution < -0.4 is 11.1 Å². The summed E-state index contributed by atoms with van der Waals surface area (Å²) < 4.78 is 0. The Kier molecular flexibility index (Phi) is 3.31. The second-order valence-corrected chi connectivity index (χ2v) is 4.31. The molecule has 2 rings (SSSR count). The number of anilines is 1. The third-order valence-electron chi connectivity index (χ3n) is 3.21. The number of carboxylic acids is 1. The number of rotatable bonds is 4. The third kappa shape index (κ3) is 2.25. The van der Waals surface area contributed by atoms with Gasteiger partial charge in [0.05, 0.1) is 12.6 Å². The SMILES string of the molecule is NC(CC1c2ccccc2NC1CO)C(=O)O. The van der Waals surface area contributed by atoms with E-state index in [0.29, 0.717) is 6.42 Å². The molecule has 17 heavy (non-hydrogen) atoms. The summed E-state index contributed by atoms with van der Waals surface area (Å²) in [6, 6.07) is 6.61. The maximum atomic E-state index is 10.8. The number of nitrogens with two attached hydrogens (primary N) is 1. The van der Waals surface area contributed by atoms with Crippen molar-refractivity contribution < 1.29 is 15.0 Å². The quantitative estimate of drug-likeness (QED) is 0.605. The van der Waals surface area contributed by atoms with Crippen LogP contribution >= 0.6 is 0 Å². The molecule has 3 unspecified atom stereocenters. The minimum atomic E-state index is -1.01. The molecule has 1 aromatic carbocycles. The molecule has 1 aromatic rings. The molecule has 0 saturated heterocycles. The molecule has 0 aliphatic carbocycles. The van der Waals surface area contributed by atoms with Gasteiger partial charge in [0.1, 0.15) is 6.04 Å². The fraction of sp³-hybridized carbons (Fsp3) is 0.417. The molecule has 3 atom stereocenters. The smallest absolute Gasteiger partial charge is 0.320 e. The highest BCUT2D eigenvalue weighted by Crippen LogP contribution is 2.38. The van der Waals surface area contributed by atoms with Crippen molar-refractivity contribution in [3.05, 3.63) is 29.8 Å². The number of aliphatic hydroxyl groups excluding tert-OH is 1. The number of para-hydroxylation sites is 1. The highest BCUT2D eigenvalue weighted by molar-refractivity contribution is 5.73. The number of carboxylic acid groups (broad SMARTS) is 1. The molecule has 0 aromatic heterocycles. The second-order valence-electron chi connectivity index (χ2n) is 4.31. The molecule has 1 aliphatic heterocycles. The Morgan fingerprint density at radius 3 is 2.82 bits per heavy atom. The van der Waals surface area contributed by atoms with Crippen LogP contribution in [-0.2, 0) is 4.79 Å². The van der Waals surface area contributed by atoms with E-state index in [1.54, 1.807) is 0 Å². The largest absolute Gasteiger partial charge is 0.480 e. The van der Waals surface area contributed by atoms with Gasteiger partial charge in [-0.05, 0) is 18.1 Å². The Morgan fingerprint density at radius 2 is 2.18 bits per heavy atom. The third-order valence-corrected chi connectivity index (χ3v) is 3.21. The average molecular weight is 236 g/mol. The Labute approximate surface area is 99.3 Å². The van der Waals surface area contributed by atoms with E-state index in [9.17, 15) is 9.90 Å². The number of benzene rings is 1. The molecule has 1 aliphatic rings. The number of carbonyl (C=O) groups is 1. The topological polar surface area (TPSA) is 95.6 Å². The van der Waals surface area contributed by atoms with Gasteiger partial charge in [0.2, 0.25) is 0 Å². The van der Waals surface area contributed by atoms with Crippen molar-refractivity contribution in [2.45, 2.75) is 24.4 Å². The zero-order valence-electron chi connectivity index (χ0n) is 9.34. The van der Waals surface area contributed by atoms with E-state index in [2.05, 4.69) is 5.32 Å². The van der Waals surface area contributed by atoms with Crippen LogP contribution in [0.2, 0.25) is 0 Å². The van der Waals surface area contributed by atoms with E-state index in [-0.39, 0.29) is 18.6 Å². The molecule has 5 nitrogen and oxygen atoms in total. The average Bonchev–Trinajstić information content (AvgIpc) is 2.67. The lowest BCUT2D eigenvalue weighted by molar-refractivity contribution is -0.138. The molecule has 5 heteroatoms. The van der Waals surface area contributed by atoms with Gasteiger partial charge in [-0.15, -0.1) is 0 Å². The number of hydrogen-bond acceptors (Lipinski definition) is 4. The predicted molar refractivity (Wildman–Crippen MR) is 63.9 cm³/mol. The minimum absolute atomic E-state index is 0.0360. The van der Waals surface area contributed by atoms with E-state index in [0.717, 1.165) is 11.3 Å². The fourth-order valence-corrected chi connectivity index (χ4v) is 2.31. The Hall–Kier alpha value is -1.59. The molecule has 0 spiro atoms. The highest BCUT2D eigenvalue weighted by atomic mass is 16.4. The summed E-state index contributed by atoms with van der Waals surface area (Å²) in [5.41, 5.74) is 7.55. The van der Waals surface area contributed by atoms with Gasteiger partial charge in [-0.3, -0.25) is 4.79 Å². The van der Waals surface area contributed by atoms with Crippen LogP contribution in [-0.4, -0.2) is 34.9 Å². The van der Waals surface area contributed by atoms with Crippen molar-refractivity contribution >= 4 is 11.7 Å². The molecule has 0 fully saturated rings. The summed E-state index contributed by atoms with van der Waals surface area (Å²) in [7, 11) is 0. The standard InChI is InChI=1S/C12H16N2O3/c13-9(12(16)17)5-8-7-3-1-2-4-10(7)14-11(8)6-15/h1-4,8-9,11,14-15H,5-6,13H2,(H,16,17). The van der Waals surface area contributed by atoms with Crippen LogP contribution in [0.25, 0.3) is 0 Å². The highest BCUT2D eigenvalue weighted by Gasteiger charge is 2.33. The van der Waals surface area contributed by atoms with Crippen LogP contribution in [0.15, 0.2) is 24.3 Å². The lowest BCUT2D eigenvalue weighted by atomic mass is 9.89. The molecule has 1 heterocycles. The molecular weight excluding hydrogens is 220 g/mol. The van der Waals surface area contributed by atoms with Gasteiger partial charge in [0.25, 0.3) is 0 Å². The van der Waals surface area contributed by atoms with Gasteiger partial charge >= 0.3 is 5.97 Å². The molecule has 0 bridgehead atoms. The Bertz CT molecular complexity index is 422. The van der Waals surface area contributed by atoms with Gasteiger partial charge in [-0.1, -0.05) is 18.2 Å². The summed E-state index contributed by atoms with van der Waals surface area (Å²) in [6.07, 6.45) is 0.324. The van der Waals surface area contributed by atoms with Gasteiger partial charge in [-0.25, -0.2) is 0 Å². The monoisotopic (exact) mass is 236 g/mol. The van der Waals surface area contributed by atoms with Crippen molar-refractivity contribution in [1.82, 2.24) is 0 Å². The Balaban J connectivity index is 2.21. The zero-order valence-corrected chi connectivity index (χ0v) is 9.34. The van der Waals surface area contributed by atoms with E-state index >= 15 is 0 Å². The lowest BCUT2D eigenvalue weighted by Gasteiger charge is -2.20. The van der Waals surface area contributed by atoms with Crippen LogP contribution in [0.5, 0.6) is 0 Å². The molecule has 0 amide bonds. The first-order valence-corrected chi connectivity index (χ1v) is 5.58. The van der Waals surface area contributed by atoms with E-state index in [1.807, 2.05) is 24.3 Å². The van der Waals surface area contributed by atoms with Crippen LogP contribution in [0, 0.1) is 0 Å². The second kappa shape index (κ2) is 4.73. The summed E-state index contributed by atoms with van der Waals surface area (Å²) in [4.78, 5) is 10.8.